The van der Waals surface area contributed by atoms with Gasteiger partial charge in [-0.15, -0.1) is 0 Å². The molecule has 6 nitrogen and oxygen atoms in total. The first-order valence-corrected chi connectivity index (χ1v) is 9.02. The van der Waals surface area contributed by atoms with Gasteiger partial charge in [-0.1, -0.05) is 0 Å². The molecule has 0 spiro atoms. The van der Waals surface area contributed by atoms with E-state index in [1.807, 2.05) is 0 Å². The lowest BCUT2D eigenvalue weighted by atomic mass is 10.1. The molecule has 2 rings (SSSR count). The fraction of sp³-hybridized carbons (Fsp3) is 0.533. The highest BCUT2D eigenvalue weighted by molar-refractivity contribution is 7.89. The molecule has 1 aliphatic rings. The van der Waals surface area contributed by atoms with Gasteiger partial charge in [0.1, 0.15) is 0 Å². The third-order valence-electron chi connectivity index (χ3n) is 4.12. The van der Waals surface area contributed by atoms with Crippen LogP contribution in [-0.2, 0) is 20.9 Å². The molecule has 1 saturated heterocycles. The molecule has 1 aromatic rings. The van der Waals surface area contributed by atoms with Gasteiger partial charge in [-0.25, -0.2) is 13.2 Å². The van der Waals surface area contributed by atoms with Crippen molar-refractivity contribution in [3.8, 4) is 0 Å². The zero-order valence-electron chi connectivity index (χ0n) is 13.8. The van der Waals surface area contributed by atoms with Crippen LogP contribution in [0.3, 0.4) is 0 Å². The van der Waals surface area contributed by atoms with Crippen LogP contribution >= 0.6 is 0 Å². The summed E-state index contributed by atoms with van der Waals surface area (Å²) in [5.41, 5.74) is -1.55. The lowest BCUT2D eigenvalue weighted by molar-refractivity contribution is -0.137. The molecular weight excluding hydrogens is 361 g/mol. The molecule has 0 radical (unpaired) electrons. The molecule has 1 unspecified atom stereocenters. The van der Waals surface area contributed by atoms with Crippen LogP contribution in [0, 0.1) is 0 Å². The van der Waals surface area contributed by atoms with E-state index in [-0.39, 0.29) is 19.1 Å². The molecule has 1 heterocycles. The predicted octanol–water partition coefficient (Wildman–Crippen LogP) is 1.86. The Bertz CT molecular complexity index is 750. The van der Waals surface area contributed by atoms with Gasteiger partial charge in [-0.05, 0) is 38.1 Å². The number of nitrogens with zero attached hydrogens (tertiary/aromatic N) is 1. The zero-order valence-corrected chi connectivity index (χ0v) is 14.6. The third-order valence-corrected chi connectivity index (χ3v) is 6.03. The number of benzene rings is 1. The van der Waals surface area contributed by atoms with Crippen molar-refractivity contribution in [2.75, 3.05) is 27.2 Å². The van der Waals surface area contributed by atoms with Gasteiger partial charge < -0.3 is 10.1 Å². The molecule has 1 fully saturated rings. The molecule has 25 heavy (non-hydrogen) atoms. The number of methoxy groups -OCH3 is 1. The smallest absolute Gasteiger partial charge is 0.416 e. The first-order chi connectivity index (χ1) is 11.6. The summed E-state index contributed by atoms with van der Waals surface area (Å²) in [4.78, 5) is 11.2. The van der Waals surface area contributed by atoms with Crippen LogP contribution in [0.2, 0.25) is 0 Å². The summed E-state index contributed by atoms with van der Waals surface area (Å²) in [6.07, 6.45) is -3.40. The number of hydrogen-bond donors (Lipinski definition) is 1. The number of alkyl halides is 3. The van der Waals surface area contributed by atoms with E-state index in [2.05, 4.69) is 10.1 Å². The summed E-state index contributed by atoms with van der Waals surface area (Å²) < 4.78 is 70.4. The molecule has 1 atom stereocenters. The standard InChI is InChI=1S/C15H19F3N2O4S/c1-19-11-4-3-7-20(9-11)25(22,23)13-8-10(15(16,17)18)5-6-12(13)14(21)24-2/h5-6,8,11,19H,3-4,7,9H2,1-2H3. The van der Waals surface area contributed by atoms with E-state index >= 15 is 0 Å². The van der Waals surface area contributed by atoms with E-state index in [0.29, 0.717) is 18.6 Å². The Morgan fingerprint density at radius 3 is 2.60 bits per heavy atom. The number of piperidine rings is 1. The van der Waals surface area contributed by atoms with Gasteiger partial charge in [0.05, 0.1) is 23.1 Å². The highest BCUT2D eigenvalue weighted by atomic mass is 32.2. The Kier molecular flexibility index (Phi) is 5.75. The molecule has 1 aromatic carbocycles. The minimum Gasteiger partial charge on any atom is -0.465 e. The molecule has 10 heteroatoms. The van der Waals surface area contributed by atoms with Crippen molar-refractivity contribution in [3.63, 3.8) is 0 Å². The molecule has 0 saturated carbocycles. The molecule has 0 bridgehead atoms. The molecular formula is C15H19F3N2O4S. The van der Waals surface area contributed by atoms with Crippen molar-refractivity contribution >= 4 is 16.0 Å². The number of hydrogen-bond acceptors (Lipinski definition) is 5. The first-order valence-electron chi connectivity index (χ1n) is 7.58. The van der Waals surface area contributed by atoms with Gasteiger partial charge in [0, 0.05) is 19.1 Å². The SMILES string of the molecule is CNC1CCCN(S(=O)(=O)c2cc(C(F)(F)F)ccc2C(=O)OC)C1. The second-order valence-corrected chi connectivity index (χ2v) is 7.60. The third kappa shape index (κ3) is 4.13. The van der Waals surface area contributed by atoms with Gasteiger partial charge in [0.2, 0.25) is 10.0 Å². The largest absolute Gasteiger partial charge is 0.465 e. The van der Waals surface area contributed by atoms with E-state index < -0.39 is 38.2 Å². The average molecular weight is 380 g/mol. The summed E-state index contributed by atoms with van der Waals surface area (Å²) in [6.45, 7) is 0.299. The van der Waals surface area contributed by atoms with Gasteiger partial charge in [-0.3, -0.25) is 0 Å². The molecule has 1 aliphatic heterocycles. The van der Waals surface area contributed by atoms with Crippen LogP contribution in [0.5, 0.6) is 0 Å². The number of sulfonamides is 1. The zero-order chi connectivity index (χ0) is 18.8. The number of esters is 1. The Labute approximate surface area is 144 Å². The van der Waals surface area contributed by atoms with Crippen LogP contribution in [-0.4, -0.2) is 52.0 Å². The number of nitrogens with one attached hydrogen (secondary N) is 1. The number of likely N-dealkylation sites (N-methyl/N-ethyl adjacent to an activating group) is 1. The fourth-order valence-corrected chi connectivity index (χ4v) is 4.46. The first kappa shape index (κ1) is 19.7. The Balaban J connectivity index is 2.55. The maximum absolute atomic E-state index is 13.0. The number of halogens is 3. The van der Waals surface area contributed by atoms with Crippen molar-refractivity contribution in [2.45, 2.75) is 30.0 Å². The monoisotopic (exact) mass is 380 g/mol. The molecule has 0 aliphatic carbocycles. The van der Waals surface area contributed by atoms with Crippen molar-refractivity contribution in [1.82, 2.24) is 9.62 Å². The van der Waals surface area contributed by atoms with E-state index in [4.69, 9.17) is 0 Å². The number of carbonyl (C=O) groups excluding carboxylic acids is 1. The second kappa shape index (κ2) is 7.30. The Hall–Kier alpha value is -1.65. The fourth-order valence-electron chi connectivity index (χ4n) is 2.73. The highest BCUT2D eigenvalue weighted by Crippen LogP contribution is 2.33. The number of ether oxygens (including phenoxy) is 1. The maximum Gasteiger partial charge on any atom is 0.416 e. The summed E-state index contributed by atoms with van der Waals surface area (Å²) in [7, 11) is -1.56. The minimum absolute atomic E-state index is 0.101. The van der Waals surface area contributed by atoms with Gasteiger partial charge in [-0.2, -0.15) is 17.5 Å². The normalized spacial score (nSPS) is 19.6. The summed E-state index contributed by atoms with van der Waals surface area (Å²) >= 11 is 0. The van der Waals surface area contributed by atoms with E-state index in [9.17, 15) is 26.4 Å². The van der Waals surface area contributed by atoms with Crippen molar-refractivity contribution in [1.29, 1.82) is 0 Å². The Morgan fingerprint density at radius 1 is 1.36 bits per heavy atom. The van der Waals surface area contributed by atoms with Gasteiger partial charge in [0.15, 0.2) is 0 Å². The average Bonchev–Trinajstić information content (AvgIpc) is 2.59. The van der Waals surface area contributed by atoms with E-state index in [1.54, 1.807) is 7.05 Å². The summed E-state index contributed by atoms with van der Waals surface area (Å²) in [5, 5.41) is 2.96. The van der Waals surface area contributed by atoms with Crippen molar-refractivity contribution < 1.29 is 31.1 Å². The molecule has 0 amide bonds. The second-order valence-electron chi connectivity index (χ2n) is 5.69. The summed E-state index contributed by atoms with van der Waals surface area (Å²) in [5.74, 6) is -1.01. The van der Waals surface area contributed by atoms with Crippen LogP contribution < -0.4 is 5.32 Å². The quantitative estimate of drug-likeness (QED) is 0.807. The van der Waals surface area contributed by atoms with Crippen LogP contribution in [0.4, 0.5) is 13.2 Å². The maximum atomic E-state index is 13.0. The van der Waals surface area contributed by atoms with Gasteiger partial charge >= 0.3 is 12.1 Å². The topological polar surface area (TPSA) is 75.7 Å². The lowest BCUT2D eigenvalue weighted by Crippen LogP contribution is -2.47. The van der Waals surface area contributed by atoms with E-state index in [0.717, 1.165) is 23.9 Å². The molecule has 140 valence electrons. The number of carbonyl (C=O) groups is 1. The predicted molar refractivity (Wildman–Crippen MR) is 83.6 cm³/mol. The van der Waals surface area contributed by atoms with Crippen LogP contribution in [0.15, 0.2) is 23.1 Å². The highest BCUT2D eigenvalue weighted by Gasteiger charge is 2.37. The van der Waals surface area contributed by atoms with Crippen molar-refractivity contribution in [3.05, 3.63) is 29.3 Å². The van der Waals surface area contributed by atoms with E-state index in [1.165, 1.54) is 0 Å². The molecule has 1 N–H and O–H groups in total. The van der Waals surface area contributed by atoms with Crippen molar-refractivity contribution in [2.24, 2.45) is 0 Å². The number of rotatable bonds is 4. The Morgan fingerprint density at radius 2 is 2.04 bits per heavy atom. The van der Waals surface area contributed by atoms with Crippen LogP contribution in [0.1, 0.15) is 28.8 Å². The van der Waals surface area contributed by atoms with Gasteiger partial charge in [0.25, 0.3) is 0 Å². The minimum atomic E-state index is -4.73. The molecule has 0 aromatic heterocycles. The lowest BCUT2D eigenvalue weighted by Gasteiger charge is -2.32. The summed E-state index contributed by atoms with van der Waals surface area (Å²) in [6, 6.07) is 1.89. The van der Waals surface area contributed by atoms with Crippen LogP contribution in [0.25, 0.3) is 0 Å².